The van der Waals surface area contributed by atoms with Gasteiger partial charge in [0.1, 0.15) is 5.84 Å². The lowest BCUT2D eigenvalue weighted by atomic mass is 9.85. The maximum Gasteiger partial charge on any atom is 0.338 e. The minimum Gasteiger partial charge on any atom is -0.465 e. The Morgan fingerprint density at radius 3 is 2.64 bits per heavy atom. The van der Waals surface area contributed by atoms with Crippen LogP contribution >= 0.6 is 11.6 Å². The number of halogens is 1. The first-order valence-corrected chi connectivity index (χ1v) is 12.8. The number of aromatic amines is 1. The van der Waals surface area contributed by atoms with E-state index in [4.69, 9.17) is 21.3 Å². The van der Waals surface area contributed by atoms with E-state index in [0.29, 0.717) is 22.3 Å². The number of ether oxygens (including phenoxy) is 1. The molecule has 192 valence electrons. The molecule has 4 rings (SSSR count). The van der Waals surface area contributed by atoms with E-state index < -0.39 is 0 Å². The Morgan fingerprint density at radius 2 is 1.97 bits per heavy atom. The normalized spacial score (nSPS) is 20.9. The van der Waals surface area contributed by atoms with Crippen molar-refractivity contribution in [1.29, 1.82) is 0 Å². The number of allylic oxidation sites excluding steroid dienone is 2. The largest absolute Gasteiger partial charge is 0.465 e. The minimum atomic E-state index is -0.324. The summed E-state index contributed by atoms with van der Waals surface area (Å²) in [6.07, 6.45) is 5.23. The fraction of sp³-hybridized carbons (Fsp3) is 0.481. The van der Waals surface area contributed by atoms with Crippen LogP contribution in [-0.2, 0) is 4.74 Å². The van der Waals surface area contributed by atoms with Crippen LogP contribution in [0.25, 0.3) is 0 Å². The Morgan fingerprint density at radius 1 is 1.22 bits per heavy atom. The number of esters is 1. The third-order valence-corrected chi connectivity index (χ3v) is 7.34. The third kappa shape index (κ3) is 6.05. The Bertz CT molecular complexity index is 1210. The number of carbonyl (C=O) groups excluding carboxylic acids is 1. The van der Waals surface area contributed by atoms with E-state index in [1.54, 1.807) is 6.21 Å². The molecule has 3 heterocycles. The lowest BCUT2D eigenvalue weighted by Crippen LogP contribution is -2.30. The van der Waals surface area contributed by atoms with Gasteiger partial charge >= 0.3 is 5.97 Å². The molecular weight excluding hydrogens is 476 g/mol. The Balaban J connectivity index is 1.65. The molecule has 1 fully saturated rings. The number of nitrogens with zero attached hydrogens (tertiary/aromatic N) is 4. The zero-order valence-electron chi connectivity index (χ0n) is 21.7. The number of aromatic nitrogens is 2. The summed E-state index contributed by atoms with van der Waals surface area (Å²) in [5.74, 6) is 1.52. The molecular formula is C27H35ClN6O2. The lowest BCUT2D eigenvalue weighted by Gasteiger charge is -2.30. The monoisotopic (exact) mass is 510 g/mol. The van der Waals surface area contributed by atoms with Crippen LogP contribution in [0, 0.1) is 19.8 Å². The number of hydrogen-bond acceptors (Lipinski definition) is 6. The zero-order chi connectivity index (χ0) is 25.8. The van der Waals surface area contributed by atoms with Crippen LogP contribution in [-0.4, -0.2) is 60.4 Å². The molecule has 0 radical (unpaired) electrons. The van der Waals surface area contributed by atoms with Crippen molar-refractivity contribution in [1.82, 2.24) is 15.1 Å². The first-order chi connectivity index (χ1) is 17.2. The van der Waals surface area contributed by atoms with Crippen LogP contribution in [0.5, 0.6) is 0 Å². The first kappa shape index (κ1) is 26.1. The van der Waals surface area contributed by atoms with Crippen molar-refractivity contribution in [3.8, 4) is 0 Å². The number of piperidine rings is 1. The highest BCUT2D eigenvalue weighted by atomic mass is 35.5. The molecule has 8 nitrogen and oxygen atoms in total. The molecule has 1 aromatic carbocycles. The summed E-state index contributed by atoms with van der Waals surface area (Å²) in [7, 11) is 3.56. The average molecular weight is 511 g/mol. The highest BCUT2D eigenvalue weighted by Crippen LogP contribution is 2.35. The Hall–Kier alpha value is -2.97. The third-order valence-electron chi connectivity index (χ3n) is 7.02. The maximum absolute atomic E-state index is 12.7. The van der Waals surface area contributed by atoms with Gasteiger partial charge in [0.15, 0.2) is 5.82 Å². The summed E-state index contributed by atoms with van der Waals surface area (Å²) in [6, 6.07) is 5.91. The van der Waals surface area contributed by atoms with Crippen LogP contribution in [0.15, 0.2) is 38.9 Å². The fourth-order valence-corrected chi connectivity index (χ4v) is 4.93. The predicted octanol–water partition coefficient (Wildman–Crippen LogP) is 5.72. The number of likely N-dealkylation sites (tertiary alicyclic amines) is 1. The van der Waals surface area contributed by atoms with E-state index in [9.17, 15) is 4.79 Å². The van der Waals surface area contributed by atoms with E-state index in [1.807, 2.05) is 26.0 Å². The number of aryl methyl sites for hydroxylation is 2. The zero-order valence-corrected chi connectivity index (χ0v) is 22.4. The quantitative estimate of drug-likeness (QED) is 0.502. The van der Waals surface area contributed by atoms with Crippen LogP contribution < -0.4 is 5.32 Å². The van der Waals surface area contributed by atoms with Crippen molar-refractivity contribution in [3.05, 3.63) is 51.3 Å². The van der Waals surface area contributed by atoms with E-state index in [0.717, 1.165) is 72.8 Å². The van der Waals surface area contributed by atoms with Crippen LogP contribution in [0.4, 0.5) is 11.5 Å². The van der Waals surface area contributed by atoms with Crippen molar-refractivity contribution in [2.24, 2.45) is 15.9 Å². The number of hydrogen-bond donors (Lipinski definition) is 2. The lowest BCUT2D eigenvalue weighted by molar-refractivity contribution is 0.0598. The molecule has 2 aromatic rings. The van der Waals surface area contributed by atoms with E-state index >= 15 is 0 Å². The van der Waals surface area contributed by atoms with Gasteiger partial charge in [0.2, 0.25) is 0 Å². The fourth-order valence-electron chi connectivity index (χ4n) is 4.74. The molecule has 0 saturated carbocycles. The topological polar surface area (TPSA) is 95.0 Å². The standard InChI is InChI=1S/C27H35ClN6O2/c1-16-6-7-23(30-25-13-18(3)32-33-25)22(28)15-29-26(16)31-24-14-21(27(35)36-5)20(12-17(24)2)19-8-10-34(4)11-9-19/h12-16,19H,6-11H2,1-5H3,(H2,30,32,33). The number of nitrogens with one attached hydrogen (secondary N) is 2. The molecule has 1 atom stereocenters. The summed E-state index contributed by atoms with van der Waals surface area (Å²) in [5.41, 5.74) is 5.26. The molecule has 0 bridgehead atoms. The number of carbonyl (C=O) groups is 1. The Labute approximate surface area is 217 Å². The molecule has 1 saturated heterocycles. The van der Waals surface area contributed by atoms with Crippen molar-refractivity contribution >= 4 is 41.1 Å². The number of rotatable bonds is 5. The van der Waals surface area contributed by atoms with Gasteiger partial charge in [-0.15, -0.1) is 0 Å². The number of H-pyrrole nitrogens is 1. The summed E-state index contributed by atoms with van der Waals surface area (Å²) in [5, 5.41) is 11.0. The van der Waals surface area contributed by atoms with E-state index in [1.165, 1.54) is 7.11 Å². The molecule has 1 unspecified atom stereocenters. The van der Waals surface area contributed by atoms with Crippen molar-refractivity contribution < 1.29 is 9.53 Å². The van der Waals surface area contributed by atoms with Crippen molar-refractivity contribution in [2.45, 2.75) is 52.4 Å². The van der Waals surface area contributed by atoms with Crippen LogP contribution in [0.3, 0.4) is 0 Å². The first-order valence-electron chi connectivity index (χ1n) is 12.5. The number of benzene rings is 1. The molecule has 0 spiro atoms. The molecule has 0 aliphatic carbocycles. The second-order valence-electron chi connectivity index (χ2n) is 9.85. The minimum absolute atomic E-state index is 0.0956. The van der Waals surface area contributed by atoms with Crippen molar-refractivity contribution in [2.75, 3.05) is 32.6 Å². The van der Waals surface area contributed by atoms with Gasteiger partial charge in [-0.2, -0.15) is 5.10 Å². The number of anilines is 1. The molecule has 2 N–H and O–H groups in total. The highest BCUT2D eigenvalue weighted by molar-refractivity contribution is 6.40. The Kier molecular flexibility index (Phi) is 8.26. The summed E-state index contributed by atoms with van der Waals surface area (Å²) < 4.78 is 5.14. The number of methoxy groups -OCH3 is 1. The highest BCUT2D eigenvalue weighted by Gasteiger charge is 2.25. The van der Waals surface area contributed by atoms with Gasteiger partial charge in [-0.05, 0) is 82.8 Å². The van der Waals surface area contributed by atoms with Gasteiger partial charge in [-0.25, -0.2) is 14.8 Å². The summed E-state index contributed by atoms with van der Waals surface area (Å²) in [6.45, 7) is 8.13. The van der Waals surface area contributed by atoms with E-state index in [-0.39, 0.29) is 11.9 Å². The molecule has 2 aliphatic heterocycles. The maximum atomic E-state index is 12.7. The van der Waals surface area contributed by atoms with Gasteiger partial charge in [-0.3, -0.25) is 5.10 Å². The predicted molar refractivity (Wildman–Crippen MR) is 146 cm³/mol. The summed E-state index contributed by atoms with van der Waals surface area (Å²) in [4.78, 5) is 24.6. The number of amidine groups is 1. The van der Waals surface area contributed by atoms with Gasteiger partial charge in [-0.1, -0.05) is 24.6 Å². The van der Waals surface area contributed by atoms with Crippen LogP contribution in [0.1, 0.15) is 65.7 Å². The molecule has 2 aliphatic rings. The second-order valence-corrected chi connectivity index (χ2v) is 10.3. The molecule has 9 heteroatoms. The molecule has 0 amide bonds. The van der Waals surface area contributed by atoms with Gasteiger partial charge in [0.25, 0.3) is 0 Å². The van der Waals surface area contributed by atoms with Crippen LogP contribution in [0.2, 0.25) is 0 Å². The van der Waals surface area contributed by atoms with Crippen molar-refractivity contribution in [3.63, 3.8) is 0 Å². The SMILES string of the molecule is COC(=O)c1cc(N=C2N=CC(Cl)=C(Nc3cc(C)[nH]n3)CCC2C)c(C)cc1C1CCN(C)CC1. The van der Waals surface area contributed by atoms with Gasteiger partial charge in [0, 0.05) is 29.6 Å². The van der Waals surface area contributed by atoms with E-state index in [2.05, 4.69) is 45.4 Å². The average Bonchev–Trinajstić information content (AvgIpc) is 3.28. The molecule has 36 heavy (non-hydrogen) atoms. The second kappa shape index (κ2) is 11.4. The smallest absolute Gasteiger partial charge is 0.338 e. The van der Waals surface area contributed by atoms with Gasteiger partial charge < -0.3 is 15.0 Å². The summed E-state index contributed by atoms with van der Waals surface area (Å²) >= 11 is 6.58. The molecule has 1 aromatic heterocycles. The van der Waals surface area contributed by atoms with Gasteiger partial charge in [0.05, 0.1) is 23.4 Å². The number of aliphatic imine (C=N–C) groups is 2.